The molecule has 3 N–H and O–H groups in total. The SMILES string of the molecule is COCOc1ccc2c(c1)CN(C(=O)OC(C)(C)C)[C@H]([C@H](O)CNC(=O)c1cc(NC3CN(C(C)=O)C3)nc(N3CC4CC(C4)C3)n1)C2. The number of carbonyl (C=O) groups excluding carboxylic acids is 3. The Morgan fingerprint density at radius 1 is 1.04 bits per heavy atom. The van der Waals surface area contributed by atoms with E-state index in [1.165, 1.54) is 17.7 Å². The number of methoxy groups -OCH3 is 1. The van der Waals surface area contributed by atoms with Crippen molar-refractivity contribution in [2.24, 2.45) is 11.8 Å². The van der Waals surface area contributed by atoms with Crippen LogP contribution in [0.4, 0.5) is 16.6 Å². The Morgan fingerprint density at radius 2 is 1.77 bits per heavy atom. The summed E-state index contributed by atoms with van der Waals surface area (Å²) in [5.41, 5.74) is 1.28. The van der Waals surface area contributed by atoms with Crippen molar-refractivity contribution >= 4 is 29.7 Å². The zero-order chi connectivity index (χ0) is 34.2. The number of fused-ring (bicyclic) bond motifs is 3. The Morgan fingerprint density at radius 3 is 2.44 bits per heavy atom. The number of hydrogen-bond acceptors (Lipinski definition) is 11. The average molecular weight is 666 g/mol. The topological polar surface area (TPSA) is 159 Å². The molecule has 5 heterocycles. The molecule has 48 heavy (non-hydrogen) atoms. The fraction of sp³-hybridized carbons (Fsp3) is 0.618. The molecule has 2 bridgehead atoms. The van der Waals surface area contributed by atoms with E-state index >= 15 is 0 Å². The van der Waals surface area contributed by atoms with Gasteiger partial charge in [-0.05, 0) is 75.1 Å². The van der Waals surface area contributed by atoms with Crippen molar-refractivity contribution < 1.29 is 33.7 Å². The minimum Gasteiger partial charge on any atom is -0.468 e. The van der Waals surface area contributed by atoms with Gasteiger partial charge in [-0.25, -0.2) is 9.78 Å². The monoisotopic (exact) mass is 665 g/mol. The van der Waals surface area contributed by atoms with Crippen molar-refractivity contribution in [2.75, 3.05) is 56.8 Å². The van der Waals surface area contributed by atoms with Crippen LogP contribution in [-0.4, -0.2) is 113 Å². The summed E-state index contributed by atoms with van der Waals surface area (Å²) in [5, 5.41) is 17.7. The van der Waals surface area contributed by atoms with Crippen LogP contribution in [0.5, 0.6) is 5.75 Å². The van der Waals surface area contributed by atoms with Crippen LogP contribution in [0.3, 0.4) is 0 Å². The van der Waals surface area contributed by atoms with Crippen LogP contribution in [0.25, 0.3) is 0 Å². The van der Waals surface area contributed by atoms with Crippen LogP contribution >= 0.6 is 0 Å². The molecule has 0 radical (unpaired) electrons. The van der Waals surface area contributed by atoms with Gasteiger partial charge >= 0.3 is 6.09 Å². The Bertz CT molecular complexity index is 1510. The first-order chi connectivity index (χ1) is 22.8. The van der Waals surface area contributed by atoms with Gasteiger partial charge in [0.15, 0.2) is 6.79 Å². The number of rotatable bonds is 10. The number of ether oxygens (including phenoxy) is 3. The molecular formula is C34H47N7O7. The number of nitrogens with zero attached hydrogens (tertiary/aromatic N) is 5. The molecule has 1 aromatic carbocycles. The van der Waals surface area contributed by atoms with E-state index in [0.717, 1.165) is 24.2 Å². The highest BCUT2D eigenvalue weighted by atomic mass is 16.7. The second-order valence-corrected chi connectivity index (χ2v) is 14.5. The van der Waals surface area contributed by atoms with Crippen LogP contribution in [0.1, 0.15) is 62.2 Å². The summed E-state index contributed by atoms with van der Waals surface area (Å²) in [6, 6.07) is 6.60. The summed E-state index contributed by atoms with van der Waals surface area (Å²) < 4.78 is 16.3. The van der Waals surface area contributed by atoms with Crippen LogP contribution in [-0.2, 0) is 27.2 Å². The zero-order valence-corrected chi connectivity index (χ0v) is 28.4. The quantitative estimate of drug-likeness (QED) is 0.320. The van der Waals surface area contributed by atoms with E-state index in [1.54, 1.807) is 45.8 Å². The molecule has 1 aromatic heterocycles. The molecule has 4 aliphatic heterocycles. The van der Waals surface area contributed by atoms with Crippen molar-refractivity contribution in [2.45, 2.75) is 77.3 Å². The molecule has 2 atom stereocenters. The maximum atomic E-state index is 13.6. The van der Waals surface area contributed by atoms with Crippen molar-refractivity contribution in [3.05, 3.63) is 41.1 Å². The van der Waals surface area contributed by atoms with Crippen LogP contribution < -0.4 is 20.3 Å². The first-order valence-corrected chi connectivity index (χ1v) is 16.7. The van der Waals surface area contributed by atoms with E-state index in [0.29, 0.717) is 48.9 Å². The molecule has 14 heteroatoms. The molecule has 1 saturated carbocycles. The highest BCUT2D eigenvalue weighted by Gasteiger charge is 2.39. The minimum absolute atomic E-state index is 0.0233. The minimum atomic E-state index is -1.10. The third kappa shape index (κ3) is 7.75. The second kappa shape index (κ2) is 13.7. The Kier molecular flexibility index (Phi) is 9.66. The van der Waals surface area contributed by atoms with E-state index in [1.807, 2.05) is 18.2 Å². The van der Waals surface area contributed by atoms with Gasteiger partial charge < -0.3 is 39.8 Å². The van der Waals surface area contributed by atoms with Gasteiger partial charge in [-0.2, -0.15) is 4.98 Å². The fourth-order valence-corrected chi connectivity index (χ4v) is 6.93. The van der Waals surface area contributed by atoms with Crippen LogP contribution in [0, 0.1) is 11.8 Å². The predicted molar refractivity (Wildman–Crippen MR) is 177 cm³/mol. The largest absolute Gasteiger partial charge is 0.468 e. The van der Waals surface area contributed by atoms with E-state index in [9.17, 15) is 19.5 Å². The molecule has 5 aliphatic rings. The number of anilines is 2. The van der Waals surface area contributed by atoms with Gasteiger partial charge in [0.25, 0.3) is 5.91 Å². The Balaban J connectivity index is 1.17. The maximum absolute atomic E-state index is 13.6. The lowest BCUT2D eigenvalue weighted by Gasteiger charge is -2.47. The number of carbonyl (C=O) groups is 3. The zero-order valence-electron chi connectivity index (χ0n) is 28.4. The van der Waals surface area contributed by atoms with Crippen molar-refractivity contribution in [1.82, 2.24) is 25.1 Å². The second-order valence-electron chi connectivity index (χ2n) is 14.5. The molecule has 4 fully saturated rings. The van der Waals surface area contributed by atoms with Gasteiger partial charge in [0, 0.05) is 59.4 Å². The molecule has 0 unspecified atom stereocenters. The number of aromatic nitrogens is 2. The molecule has 7 rings (SSSR count). The van der Waals surface area contributed by atoms with Gasteiger partial charge in [-0.15, -0.1) is 0 Å². The summed E-state index contributed by atoms with van der Waals surface area (Å²) in [5.74, 6) is 2.43. The molecule has 0 spiro atoms. The van der Waals surface area contributed by atoms with Crippen LogP contribution in [0.15, 0.2) is 24.3 Å². The maximum Gasteiger partial charge on any atom is 0.410 e. The lowest BCUT2D eigenvalue weighted by Crippen LogP contribution is -2.56. The summed E-state index contributed by atoms with van der Waals surface area (Å²) in [7, 11) is 1.54. The summed E-state index contributed by atoms with van der Waals surface area (Å²) in [6.45, 7) is 9.95. The normalized spacial score (nSPS) is 22.5. The molecule has 3 amide bonds. The van der Waals surface area contributed by atoms with E-state index < -0.39 is 29.7 Å². The summed E-state index contributed by atoms with van der Waals surface area (Å²) in [6.07, 6.45) is 1.15. The number of nitrogens with one attached hydrogen (secondary N) is 2. The smallest absolute Gasteiger partial charge is 0.410 e. The molecule has 3 saturated heterocycles. The van der Waals surface area contributed by atoms with Crippen LogP contribution in [0.2, 0.25) is 0 Å². The van der Waals surface area contributed by atoms with E-state index in [2.05, 4.69) is 20.5 Å². The standard InChI is InChI=1S/C34H47N7O7/c1-20(42)39-17-25(18-39)36-30-12-27(37-32(38-30)40-14-21-8-22(9-21)15-40)31(44)35-13-29(43)28-11-23-6-7-26(47-19-46-5)10-24(23)16-41(28)33(45)48-34(2,3)4/h6-7,10,12,21-22,25,28-29,43H,8-9,11,13-19H2,1-5H3,(H,35,44)(H,36,37,38)/t21?,22?,28-,29+/m0/s1. The lowest BCUT2D eigenvalue weighted by atomic mass is 9.71. The average Bonchev–Trinajstić information content (AvgIpc) is 3.01. The van der Waals surface area contributed by atoms with Gasteiger partial charge in [-0.3, -0.25) is 14.5 Å². The number of benzene rings is 1. The number of aliphatic hydroxyl groups excluding tert-OH is 1. The van der Waals surface area contributed by atoms with Crippen molar-refractivity contribution in [1.29, 1.82) is 0 Å². The Hall–Kier alpha value is -4.17. The van der Waals surface area contributed by atoms with Crippen molar-refractivity contribution in [3.8, 4) is 5.75 Å². The lowest BCUT2D eigenvalue weighted by molar-refractivity contribution is -0.132. The predicted octanol–water partition coefficient (Wildman–Crippen LogP) is 2.40. The number of piperidine rings is 2. The van der Waals surface area contributed by atoms with Crippen molar-refractivity contribution in [3.63, 3.8) is 0 Å². The highest BCUT2D eigenvalue weighted by molar-refractivity contribution is 5.93. The summed E-state index contributed by atoms with van der Waals surface area (Å²) >= 11 is 0. The van der Waals surface area contributed by atoms with E-state index in [4.69, 9.17) is 19.2 Å². The van der Waals surface area contributed by atoms with Gasteiger partial charge in [-0.1, -0.05) is 6.07 Å². The number of amides is 3. The molecule has 1 aliphatic carbocycles. The third-order valence-electron chi connectivity index (χ3n) is 9.43. The number of hydrogen-bond donors (Lipinski definition) is 3. The molecule has 2 aromatic rings. The van der Waals surface area contributed by atoms with Gasteiger partial charge in [0.2, 0.25) is 11.9 Å². The summed E-state index contributed by atoms with van der Waals surface area (Å²) in [4.78, 5) is 53.5. The third-order valence-corrected chi connectivity index (χ3v) is 9.43. The fourth-order valence-electron chi connectivity index (χ4n) is 6.93. The van der Waals surface area contributed by atoms with Gasteiger partial charge in [0.1, 0.15) is 22.9 Å². The molecule has 260 valence electrons. The first-order valence-electron chi connectivity index (χ1n) is 16.7. The Labute approximate surface area is 281 Å². The van der Waals surface area contributed by atoms with Gasteiger partial charge in [0.05, 0.1) is 18.2 Å². The molecular weight excluding hydrogens is 618 g/mol. The highest BCUT2D eigenvalue weighted by Crippen LogP contribution is 2.40. The first kappa shape index (κ1) is 33.7. The number of likely N-dealkylation sites (tertiary alicyclic amines) is 1. The number of aliphatic hydroxyl groups is 1. The molecule has 14 nitrogen and oxygen atoms in total. The van der Waals surface area contributed by atoms with E-state index in [-0.39, 0.29) is 37.5 Å².